The van der Waals surface area contributed by atoms with Crippen LogP contribution < -0.4 is 0 Å². The van der Waals surface area contributed by atoms with Gasteiger partial charge in [0.1, 0.15) is 0 Å². The predicted octanol–water partition coefficient (Wildman–Crippen LogP) is 2.14. The summed E-state index contributed by atoms with van der Waals surface area (Å²) < 4.78 is 11.1. The summed E-state index contributed by atoms with van der Waals surface area (Å²) in [6.45, 7) is 3.66. The first-order valence-electron chi connectivity index (χ1n) is 6.51. The van der Waals surface area contributed by atoms with E-state index in [9.17, 15) is 4.79 Å². The summed E-state index contributed by atoms with van der Waals surface area (Å²) in [6.07, 6.45) is 5.77. The molecule has 16 heavy (non-hydrogen) atoms. The maximum atomic E-state index is 11.3. The highest BCUT2D eigenvalue weighted by molar-refractivity contribution is 5.72. The summed E-state index contributed by atoms with van der Waals surface area (Å²) in [5.74, 6) is 1.36. The molecule has 3 fully saturated rings. The molecule has 2 aliphatic carbocycles. The quantitative estimate of drug-likeness (QED) is 0.689. The van der Waals surface area contributed by atoms with E-state index in [0.717, 1.165) is 18.9 Å². The van der Waals surface area contributed by atoms with Crippen LogP contribution in [-0.2, 0) is 14.3 Å². The molecule has 0 radical (unpaired) electrons. The molecule has 0 amide bonds. The smallest absolute Gasteiger partial charge is 0.306 e. The molecule has 0 aromatic rings. The predicted molar refractivity (Wildman–Crippen MR) is 58.9 cm³/mol. The normalized spacial score (nSPS) is 45.6. The number of carbonyl (C=O) groups excluding carboxylic acids is 1. The van der Waals surface area contributed by atoms with E-state index in [1.54, 1.807) is 0 Å². The van der Waals surface area contributed by atoms with Crippen LogP contribution in [0.5, 0.6) is 0 Å². The Kier molecular flexibility index (Phi) is 2.46. The van der Waals surface area contributed by atoms with Crippen LogP contribution in [-0.4, -0.2) is 25.3 Å². The third kappa shape index (κ3) is 1.48. The average molecular weight is 224 g/mol. The van der Waals surface area contributed by atoms with Gasteiger partial charge in [-0.25, -0.2) is 0 Å². The molecular weight excluding hydrogens is 204 g/mol. The minimum absolute atomic E-state index is 0.00166. The van der Waals surface area contributed by atoms with Crippen LogP contribution >= 0.6 is 0 Å². The third-order valence-corrected chi connectivity index (χ3v) is 4.64. The van der Waals surface area contributed by atoms with E-state index in [0.29, 0.717) is 25.0 Å². The molecule has 1 heterocycles. The van der Waals surface area contributed by atoms with Crippen LogP contribution in [0.2, 0.25) is 0 Å². The minimum atomic E-state index is 0.00166. The van der Waals surface area contributed by atoms with Crippen molar-refractivity contribution in [2.75, 3.05) is 13.2 Å². The van der Waals surface area contributed by atoms with Gasteiger partial charge in [0.05, 0.1) is 19.1 Å². The zero-order valence-corrected chi connectivity index (χ0v) is 9.91. The fraction of sp³-hybridized carbons (Fsp3) is 0.923. The van der Waals surface area contributed by atoms with Crippen LogP contribution in [0, 0.1) is 17.3 Å². The van der Waals surface area contributed by atoms with E-state index < -0.39 is 0 Å². The van der Waals surface area contributed by atoms with Crippen molar-refractivity contribution in [3.8, 4) is 0 Å². The molecule has 4 unspecified atom stereocenters. The van der Waals surface area contributed by atoms with E-state index in [-0.39, 0.29) is 11.4 Å². The summed E-state index contributed by atoms with van der Waals surface area (Å²) >= 11 is 0. The minimum Gasteiger partial charge on any atom is -0.465 e. The SMILES string of the molecule is CCCOC1CC2CC1C1(COC(=O)C1)C2. The fourth-order valence-corrected chi connectivity index (χ4v) is 4.07. The Hall–Kier alpha value is -0.570. The molecular formula is C13H20O3. The van der Waals surface area contributed by atoms with Crippen LogP contribution in [0.3, 0.4) is 0 Å². The molecule has 0 aromatic carbocycles. The molecule has 0 N–H and O–H groups in total. The van der Waals surface area contributed by atoms with Crippen molar-refractivity contribution in [3.63, 3.8) is 0 Å². The van der Waals surface area contributed by atoms with Crippen molar-refractivity contribution in [3.05, 3.63) is 0 Å². The number of carbonyl (C=O) groups is 1. The molecule has 3 aliphatic rings. The van der Waals surface area contributed by atoms with Crippen LogP contribution in [0.4, 0.5) is 0 Å². The Balaban J connectivity index is 1.72. The molecule has 1 aliphatic heterocycles. The number of rotatable bonds is 3. The lowest BCUT2D eigenvalue weighted by Crippen LogP contribution is -2.38. The second-order valence-electron chi connectivity index (χ2n) is 5.76. The highest BCUT2D eigenvalue weighted by Gasteiger charge is 2.59. The van der Waals surface area contributed by atoms with Crippen LogP contribution in [0.1, 0.15) is 39.0 Å². The number of hydrogen-bond donors (Lipinski definition) is 0. The second kappa shape index (κ2) is 3.73. The zero-order valence-electron chi connectivity index (χ0n) is 9.91. The van der Waals surface area contributed by atoms with Crippen molar-refractivity contribution >= 4 is 5.97 Å². The monoisotopic (exact) mass is 224 g/mol. The van der Waals surface area contributed by atoms with Crippen molar-refractivity contribution in [1.29, 1.82) is 0 Å². The van der Waals surface area contributed by atoms with Gasteiger partial charge in [-0.1, -0.05) is 6.92 Å². The Bertz CT molecular complexity index is 302. The molecule has 2 bridgehead atoms. The first-order valence-corrected chi connectivity index (χ1v) is 6.51. The first-order chi connectivity index (χ1) is 7.73. The summed E-state index contributed by atoms with van der Waals surface area (Å²) in [7, 11) is 0. The standard InChI is InChI=1S/C13H20O3/c1-2-3-15-11-5-9-4-10(11)13(6-9)7-12(14)16-8-13/h9-11H,2-8H2,1H3. The maximum absolute atomic E-state index is 11.3. The Morgan fingerprint density at radius 1 is 1.50 bits per heavy atom. The van der Waals surface area contributed by atoms with E-state index >= 15 is 0 Å². The molecule has 2 saturated carbocycles. The Morgan fingerprint density at radius 2 is 2.38 bits per heavy atom. The number of fused-ring (bicyclic) bond motifs is 3. The average Bonchev–Trinajstić information content (AvgIpc) is 2.90. The molecule has 90 valence electrons. The number of esters is 1. The van der Waals surface area contributed by atoms with Gasteiger partial charge in [-0.3, -0.25) is 4.79 Å². The molecule has 4 atom stereocenters. The summed E-state index contributed by atoms with van der Waals surface area (Å²) in [5, 5.41) is 0. The van der Waals surface area contributed by atoms with E-state index in [1.165, 1.54) is 19.3 Å². The van der Waals surface area contributed by atoms with E-state index in [2.05, 4.69) is 6.92 Å². The molecule has 3 heteroatoms. The van der Waals surface area contributed by atoms with Crippen LogP contribution in [0.25, 0.3) is 0 Å². The molecule has 3 rings (SSSR count). The summed E-state index contributed by atoms with van der Waals surface area (Å²) in [6, 6.07) is 0. The lowest BCUT2D eigenvalue weighted by molar-refractivity contribution is -0.137. The van der Waals surface area contributed by atoms with E-state index in [1.807, 2.05) is 0 Å². The zero-order chi connectivity index (χ0) is 11.2. The fourth-order valence-electron chi connectivity index (χ4n) is 4.07. The first kappa shape index (κ1) is 10.6. The second-order valence-corrected chi connectivity index (χ2v) is 5.76. The van der Waals surface area contributed by atoms with Gasteiger partial charge in [0.25, 0.3) is 0 Å². The largest absolute Gasteiger partial charge is 0.465 e. The van der Waals surface area contributed by atoms with Gasteiger partial charge in [0.15, 0.2) is 0 Å². The maximum Gasteiger partial charge on any atom is 0.306 e. The van der Waals surface area contributed by atoms with E-state index in [4.69, 9.17) is 9.47 Å². The van der Waals surface area contributed by atoms with Gasteiger partial charge in [-0.05, 0) is 37.5 Å². The van der Waals surface area contributed by atoms with Gasteiger partial charge in [0, 0.05) is 12.0 Å². The lowest BCUT2D eigenvalue weighted by atomic mass is 9.71. The van der Waals surface area contributed by atoms with Crippen molar-refractivity contribution < 1.29 is 14.3 Å². The third-order valence-electron chi connectivity index (χ3n) is 4.64. The van der Waals surface area contributed by atoms with Gasteiger partial charge < -0.3 is 9.47 Å². The van der Waals surface area contributed by atoms with Crippen molar-refractivity contribution in [2.45, 2.75) is 45.1 Å². The van der Waals surface area contributed by atoms with Gasteiger partial charge in [-0.15, -0.1) is 0 Å². The number of hydrogen-bond acceptors (Lipinski definition) is 3. The highest BCUT2D eigenvalue weighted by Crippen LogP contribution is 2.60. The molecule has 0 aromatic heterocycles. The summed E-state index contributed by atoms with van der Waals surface area (Å²) in [5.41, 5.74) is 0.151. The Morgan fingerprint density at radius 3 is 3.00 bits per heavy atom. The lowest BCUT2D eigenvalue weighted by Gasteiger charge is -2.36. The molecule has 1 saturated heterocycles. The highest BCUT2D eigenvalue weighted by atomic mass is 16.5. The van der Waals surface area contributed by atoms with Crippen LogP contribution in [0.15, 0.2) is 0 Å². The Labute approximate surface area is 96.5 Å². The van der Waals surface area contributed by atoms with Gasteiger partial charge in [-0.2, -0.15) is 0 Å². The number of cyclic esters (lactones) is 1. The van der Waals surface area contributed by atoms with Gasteiger partial charge >= 0.3 is 5.97 Å². The van der Waals surface area contributed by atoms with Crippen molar-refractivity contribution in [1.82, 2.24) is 0 Å². The van der Waals surface area contributed by atoms with Crippen molar-refractivity contribution in [2.24, 2.45) is 17.3 Å². The topological polar surface area (TPSA) is 35.5 Å². The summed E-state index contributed by atoms with van der Waals surface area (Å²) in [4.78, 5) is 11.3. The number of ether oxygens (including phenoxy) is 2. The van der Waals surface area contributed by atoms with Gasteiger partial charge in [0.2, 0.25) is 0 Å². The molecule has 3 nitrogen and oxygen atoms in total. The molecule has 1 spiro atoms.